The van der Waals surface area contributed by atoms with Crippen molar-refractivity contribution in [1.82, 2.24) is 4.98 Å². The molecule has 1 heterocycles. The number of benzene rings is 2. The van der Waals surface area contributed by atoms with E-state index in [1.165, 1.54) is 0 Å². The summed E-state index contributed by atoms with van der Waals surface area (Å²) in [5.41, 5.74) is 11.1. The Balaban J connectivity index is 1.98. The van der Waals surface area contributed by atoms with Gasteiger partial charge in [0.2, 0.25) is 0 Å². The molecule has 0 bridgehead atoms. The first kappa shape index (κ1) is 19.2. The largest absolute Gasteiger partial charge is 0.508 e. The Bertz CT molecular complexity index is 999. The number of aliphatic imine (C=N–C) groups is 1. The maximum absolute atomic E-state index is 9.98. The Morgan fingerprint density at radius 3 is 2.61 bits per heavy atom. The predicted octanol–water partition coefficient (Wildman–Crippen LogP) is 4.62. The third kappa shape index (κ3) is 4.23. The number of para-hydroxylation sites is 1. The lowest BCUT2D eigenvalue weighted by Crippen LogP contribution is -2.17. The Kier molecular flexibility index (Phi) is 5.79. The van der Waals surface area contributed by atoms with Crippen LogP contribution in [0.15, 0.2) is 59.7 Å². The van der Waals surface area contributed by atoms with Gasteiger partial charge in [-0.3, -0.25) is 0 Å². The number of phenolic OH excluding ortho intramolecular Hbond substituents is 1. The molecule has 0 unspecified atom stereocenters. The van der Waals surface area contributed by atoms with E-state index in [9.17, 15) is 5.11 Å². The fourth-order valence-electron chi connectivity index (χ4n) is 2.91. The number of nitrogens with one attached hydrogen (secondary N) is 2. The Hall–Kier alpha value is -3.54. The van der Waals surface area contributed by atoms with Crippen LogP contribution in [0.3, 0.4) is 0 Å². The van der Waals surface area contributed by atoms with Gasteiger partial charge in [0.05, 0.1) is 16.9 Å². The van der Waals surface area contributed by atoms with Gasteiger partial charge in [0.25, 0.3) is 0 Å². The number of pyridine rings is 1. The van der Waals surface area contributed by atoms with E-state index in [2.05, 4.69) is 20.6 Å². The molecular formula is C22H25N5O. The zero-order chi connectivity index (χ0) is 20.1. The molecule has 0 fully saturated rings. The summed E-state index contributed by atoms with van der Waals surface area (Å²) in [7, 11) is 0. The summed E-state index contributed by atoms with van der Waals surface area (Å²) in [6.07, 6.45) is 1.70. The summed E-state index contributed by atoms with van der Waals surface area (Å²) in [6, 6.07) is 15.3. The molecular weight excluding hydrogens is 350 g/mol. The highest BCUT2D eigenvalue weighted by atomic mass is 16.3. The van der Waals surface area contributed by atoms with Gasteiger partial charge in [0.1, 0.15) is 17.4 Å². The van der Waals surface area contributed by atoms with Crippen LogP contribution in [0.5, 0.6) is 5.75 Å². The highest BCUT2D eigenvalue weighted by Crippen LogP contribution is 2.31. The first-order valence-electron chi connectivity index (χ1n) is 9.19. The van der Waals surface area contributed by atoms with E-state index in [1.807, 2.05) is 63.2 Å². The molecule has 3 aromatic rings. The van der Waals surface area contributed by atoms with E-state index in [-0.39, 0.29) is 5.75 Å². The highest BCUT2D eigenvalue weighted by molar-refractivity contribution is 6.04. The molecule has 6 heteroatoms. The standard InChI is InChI=1S/C22H25N5O/c1-4-24-18-12-20(26-16-8-6-5-7-9-16)25-13-17(18)22(23)27-21-14(2)10-11-19(28)15(21)3/h5-13,28H,4H2,1-3H3,(H2,23,27)(H2,24,25,26). The zero-order valence-electron chi connectivity index (χ0n) is 16.3. The van der Waals surface area contributed by atoms with Gasteiger partial charge in [-0.2, -0.15) is 0 Å². The van der Waals surface area contributed by atoms with Gasteiger partial charge in [0.15, 0.2) is 0 Å². The molecule has 0 amide bonds. The lowest BCUT2D eigenvalue weighted by Gasteiger charge is -2.14. The second-order valence-electron chi connectivity index (χ2n) is 6.51. The summed E-state index contributed by atoms with van der Waals surface area (Å²) in [5, 5.41) is 16.6. The van der Waals surface area contributed by atoms with Crippen LogP contribution < -0.4 is 16.4 Å². The van der Waals surface area contributed by atoms with E-state index < -0.39 is 0 Å². The maximum Gasteiger partial charge on any atom is 0.135 e. The van der Waals surface area contributed by atoms with Gasteiger partial charge in [-0.15, -0.1) is 0 Å². The van der Waals surface area contributed by atoms with Gasteiger partial charge < -0.3 is 21.5 Å². The topological polar surface area (TPSA) is 95.6 Å². The zero-order valence-corrected chi connectivity index (χ0v) is 16.3. The van der Waals surface area contributed by atoms with Crippen molar-refractivity contribution >= 4 is 28.7 Å². The molecule has 5 N–H and O–H groups in total. The van der Waals surface area contributed by atoms with Crippen LogP contribution in [0.25, 0.3) is 0 Å². The van der Waals surface area contributed by atoms with Crippen LogP contribution in [-0.4, -0.2) is 22.5 Å². The number of amidine groups is 1. The van der Waals surface area contributed by atoms with Crippen molar-refractivity contribution in [2.45, 2.75) is 20.8 Å². The number of anilines is 3. The number of aryl methyl sites for hydroxylation is 1. The summed E-state index contributed by atoms with van der Waals surface area (Å²) >= 11 is 0. The molecule has 1 aromatic heterocycles. The third-order valence-electron chi connectivity index (χ3n) is 4.43. The van der Waals surface area contributed by atoms with Gasteiger partial charge in [-0.05, 0) is 44.5 Å². The maximum atomic E-state index is 9.98. The van der Waals surface area contributed by atoms with Gasteiger partial charge in [0, 0.05) is 30.1 Å². The van der Waals surface area contributed by atoms with Crippen molar-refractivity contribution in [3.05, 3.63) is 71.4 Å². The van der Waals surface area contributed by atoms with Crippen LogP contribution in [-0.2, 0) is 0 Å². The number of nitrogens with zero attached hydrogens (tertiary/aromatic N) is 2. The second-order valence-corrected chi connectivity index (χ2v) is 6.51. The van der Waals surface area contributed by atoms with E-state index in [4.69, 9.17) is 5.73 Å². The molecule has 2 aromatic carbocycles. The number of phenols is 1. The minimum Gasteiger partial charge on any atom is -0.508 e. The predicted molar refractivity (Wildman–Crippen MR) is 116 cm³/mol. The van der Waals surface area contributed by atoms with Gasteiger partial charge >= 0.3 is 0 Å². The molecule has 0 atom stereocenters. The lowest BCUT2D eigenvalue weighted by atomic mass is 10.1. The van der Waals surface area contributed by atoms with Crippen molar-refractivity contribution in [3.8, 4) is 5.75 Å². The second kappa shape index (κ2) is 8.43. The molecule has 144 valence electrons. The Morgan fingerprint density at radius 1 is 1.14 bits per heavy atom. The molecule has 0 saturated heterocycles. The number of hydrogen-bond acceptors (Lipinski definition) is 5. The van der Waals surface area contributed by atoms with Gasteiger partial charge in [-0.25, -0.2) is 9.98 Å². The molecule has 0 saturated carbocycles. The van der Waals surface area contributed by atoms with Crippen LogP contribution >= 0.6 is 0 Å². The number of hydrogen-bond donors (Lipinski definition) is 4. The quantitative estimate of drug-likeness (QED) is 0.372. The Morgan fingerprint density at radius 2 is 1.89 bits per heavy atom. The van der Waals surface area contributed by atoms with Crippen LogP contribution in [0.4, 0.5) is 22.9 Å². The fourth-order valence-corrected chi connectivity index (χ4v) is 2.91. The van der Waals surface area contributed by atoms with Crippen molar-refractivity contribution < 1.29 is 5.11 Å². The normalized spacial score (nSPS) is 11.3. The third-order valence-corrected chi connectivity index (χ3v) is 4.43. The molecule has 6 nitrogen and oxygen atoms in total. The molecule has 3 rings (SSSR count). The minimum absolute atomic E-state index is 0.199. The van der Waals surface area contributed by atoms with Crippen LogP contribution in [0, 0.1) is 13.8 Å². The summed E-state index contributed by atoms with van der Waals surface area (Å²) in [6.45, 7) is 6.52. The first-order chi connectivity index (χ1) is 13.5. The van der Waals surface area contributed by atoms with Crippen molar-refractivity contribution in [3.63, 3.8) is 0 Å². The average Bonchev–Trinajstić information content (AvgIpc) is 2.69. The number of nitrogens with two attached hydrogens (primary N) is 1. The Labute approximate surface area is 165 Å². The van der Waals surface area contributed by atoms with Gasteiger partial charge in [-0.1, -0.05) is 24.3 Å². The van der Waals surface area contributed by atoms with E-state index in [0.29, 0.717) is 28.5 Å². The van der Waals surface area contributed by atoms with Crippen molar-refractivity contribution in [2.24, 2.45) is 10.7 Å². The monoisotopic (exact) mass is 375 g/mol. The number of aromatic hydroxyl groups is 1. The SMILES string of the molecule is CCNc1cc(Nc2ccccc2)ncc1C(N)=Nc1c(C)ccc(O)c1C. The smallest absolute Gasteiger partial charge is 0.135 e. The summed E-state index contributed by atoms with van der Waals surface area (Å²) in [5.74, 6) is 1.25. The van der Waals surface area contributed by atoms with E-state index in [1.54, 1.807) is 12.3 Å². The average molecular weight is 375 g/mol. The molecule has 0 aliphatic rings. The van der Waals surface area contributed by atoms with E-state index >= 15 is 0 Å². The molecule has 0 aliphatic heterocycles. The van der Waals surface area contributed by atoms with E-state index in [0.717, 1.165) is 23.5 Å². The molecule has 0 spiro atoms. The number of rotatable bonds is 6. The molecule has 0 radical (unpaired) electrons. The van der Waals surface area contributed by atoms with Crippen molar-refractivity contribution in [2.75, 3.05) is 17.2 Å². The lowest BCUT2D eigenvalue weighted by molar-refractivity contribution is 0.471. The van der Waals surface area contributed by atoms with Crippen molar-refractivity contribution in [1.29, 1.82) is 0 Å². The highest BCUT2D eigenvalue weighted by Gasteiger charge is 2.12. The fraction of sp³-hybridized carbons (Fsp3) is 0.182. The van der Waals surface area contributed by atoms with Crippen LogP contribution in [0.2, 0.25) is 0 Å². The molecule has 0 aliphatic carbocycles. The molecule has 28 heavy (non-hydrogen) atoms. The summed E-state index contributed by atoms with van der Waals surface area (Å²) in [4.78, 5) is 9.06. The first-order valence-corrected chi connectivity index (χ1v) is 9.19. The van der Waals surface area contributed by atoms with Crippen LogP contribution in [0.1, 0.15) is 23.6 Å². The minimum atomic E-state index is 0.199. The number of aromatic nitrogens is 1. The summed E-state index contributed by atoms with van der Waals surface area (Å²) < 4.78 is 0.